The fourth-order valence-electron chi connectivity index (χ4n) is 1.23. The molecular weight excluding hydrogens is 208 g/mol. The molecule has 0 N–H and O–H groups in total. The quantitative estimate of drug-likeness (QED) is 0.576. The van der Waals surface area contributed by atoms with E-state index in [1.54, 1.807) is 38.1 Å². The van der Waals surface area contributed by atoms with Crippen molar-refractivity contribution in [2.45, 2.75) is 19.4 Å². The molecule has 0 fully saturated rings. The Hall–Kier alpha value is -1.84. The van der Waals surface area contributed by atoms with Crippen molar-refractivity contribution >= 4 is 12.3 Å². The predicted octanol–water partition coefficient (Wildman–Crippen LogP) is 1.83. The molecule has 4 nitrogen and oxygen atoms in total. The molecule has 0 spiro atoms. The minimum Gasteiger partial charge on any atom is -0.476 e. The molecule has 1 aromatic carbocycles. The molecule has 1 aromatic rings. The number of esters is 1. The largest absolute Gasteiger partial charge is 0.476 e. The second-order valence-corrected chi connectivity index (χ2v) is 3.79. The Balaban J connectivity index is 2.87. The maximum absolute atomic E-state index is 11.4. The van der Waals surface area contributed by atoms with Crippen LogP contribution in [0.15, 0.2) is 24.3 Å². The number of carbonyl (C=O) groups excluding carboxylic acids is 2. The lowest BCUT2D eigenvalue weighted by Gasteiger charge is -2.23. The van der Waals surface area contributed by atoms with Gasteiger partial charge in [0.05, 0.1) is 7.11 Å². The third-order valence-electron chi connectivity index (χ3n) is 2.04. The number of methoxy groups -OCH3 is 1. The molecular formula is C12H14O4. The van der Waals surface area contributed by atoms with Crippen LogP contribution >= 0.6 is 0 Å². The number of hydrogen-bond acceptors (Lipinski definition) is 4. The van der Waals surface area contributed by atoms with E-state index in [9.17, 15) is 9.59 Å². The number of hydrogen-bond donors (Lipinski definition) is 0. The number of benzene rings is 1. The first kappa shape index (κ1) is 12.2. The van der Waals surface area contributed by atoms with Crippen LogP contribution < -0.4 is 4.74 Å². The zero-order valence-corrected chi connectivity index (χ0v) is 9.52. The maximum atomic E-state index is 11.4. The van der Waals surface area contributed by atoms with Crippen LogP contribution in [0.3, 0.4) is 0 Å². The Bertz CT molecular complexity index is 396. The normalized spacial score (nSPS) is 10.7. The smallest absolute Gasteiger partial charge is 0.349 e. The highest BCUT2D eigenvalue weighted by Crippen LogP contribution is 2.20. The summed E-state index contributed by atoms with van der Waals surface area (Å²) in [5, 5.41) is 0. The summed E-state index contributed by atoms with van der Waals surface area (Å²) >= 11 is 0. The second kappa shape index (κ2) is 4.79. The van der Waals surface area contributed by atoms with Crippen molar-refractivity contribution in [3.05, 3.63) is 29.8 Å². The van der Waals surface area contributed by atoms with Crippen LogP contribution in [-0.4, -0.2) is 25.0 Å². The first-order valence-corrected chi connectivity index (χ1v) is 4.82. The zero-order chi connectivity index (χ0) is 12.2. The predicted molar refractivity (Wildman–Crippen MR) is 58.6 cm³/mol. The van der Waals surface area contributed by atoms with Gasteiger partial charge in [-0.3, -0.25) is 4.79 Å². The molecule has 86 valence electrons. The van der Waals surface area contributed by atoms with Gasteiger partial charge in [-0.05, 0) is 26.0 Å². The monoisotopic (exact) mass is 222 g/mol. The lowest BCUT2D eigenvalue weighted by atomic mass is 10.1. The minimum absolute atomic E-state index is 0.458. The van der Waals surface area contributed by atoms with Crippen molar-refractivity contribution in [2.75, 3.05) is 7.11 Å². The highest BCUT2D eigenvalue weighted by atomic mass is 16.6. The van der Waals surface area contributed by atoms with Gasteiger partial charge in [0.1, 0.15) is 12.0 Å². The van der Waals surface area contributed by atoms with Crippen molar-refractivity contribution in [1.29, 1.82) is 0 Å². The zero-order valence-electron chi connectivity index (χ0n) is 9.52. The molecule has 0 saturated heterocycles. The van der Waals surface area contributed by atoms with Gasteiger partial charge in [0.2, 0.25) is 0 Å². The summed E-state index contributed by atoms with van der Waals surface area (Å²) in [7, 11) is 1.30. The van der Waals surface area contributed by atoms with Crippen molar-refractivity contribution < 1.29 is 19.1 Å². The molecule has 0 unspecified atom stereocenters. The Morgan fingerprint density at radius 2 is 2.06 bits per heavy atom. The van der Waals surface area contributed by atoms with E-state index in [1.165, 1.54) is 7.11 Å². The number of ether oxygens (including phenoxy) is 2. The van der Waals surface area contributed by atoms with Gasteiger partial charge < -0.3 is 9.47 Å². The lowest BCUT2D eigenvalue weighted by Crippen LogP contribution is -2.39. The Labute approximate surface area is 94.2 Å². The fraction of sp³-hybridized carbons (Fsp3) is 0.333. The van der Waals surface area contributed by atoms with Crippen molar-refractivity contribution in [1.82, 2.24) is 0 Å². The Morgan fingerprint density at radius 1 is 1.38 bits per heavy atom. The van der Waals surface area contributed by atoms with Crippen LogP contribution in [0.25, 0.3) is 0 Å². The molecule has 1 rings (SSSR count). The molecule has 0 atom stereocenters. The molecule has 16 heavy (non-hydrogen) atoms. The first-order valence-electron chi connectivity index (χ1n) is 4.82. The van der Waals surface area contributed by atoms with Crippen LogP contribution in [0.5, 0.6) is 5.75 Å². The standard InChI is InChI=1S/C12H14O4/c1-12(2,11(14)15-3)16-10-6-4-5-9(7-10)8-13/h4-8H,1-3H3. The van der Waals surface area contributed by atoms with Crippen LogP contribution in [0.4, 0.5) is 0 Å². The molecule has 4 heteroatoms. The van der Waals surface area contributed by atoms with E-state index in [0.717, 1.165) is 6.29 Å². The summed E-state index contributed by atoms with van der Waals surface area (Å²) in [4.78, 5) is 21.9. The van der Waals surface area contributed by atoms with E-state index in [0.29, 0.717) is 11.3 Å². The fourth-order valence-corrected chi connectivity index (χ4v) is 1.23. The summed E-state index contributed by atoms with van der Waals surface area (Å²) in [6, 6.07) is 6.59. The van der Waals surface area contributed by atoms with E-state index in [4.69, 9.17) is 4.74 Å². The van der Waals surface area contributed by atoms with E-state index in [1.807, 2.05) is 0 Å². The van der Waals surface area contributed by atoms with Gasteiger partial charge in [-0.1, -0.05) is 12.1 Å². The Kier molecular flexibility index (Phi) is 3.66. The van der Waals surface area contributed by atoms with Crippen molar-refractivity contribution in [2.24, 2.45) is 0 Å². The average molecular weight is 222 g/mol. The van der Waals surface area contributed by atoms with E-state index in [-0.39, 0.29) is 0 Å². The molecule has 0 amide bonds. The first-order chi connectivity index (χ1) is 7.49. The van der Waals surface area contributed by atoms with Crippen LogP contribution in [-0.2, 0) is 9.53 Å². The summed E-state index contributed by atoms with van der Waals surface area (Å²) in [6.45, 7) is 3.21. The third kappa shape index (κ3) is 2.82. The van der Waals surface area contributed by atoms with E-state index < -0.39 is 11.6 Å². The van der Waals surface area contributed by atoms with Crippen LogP contribution in [0.1, 0.15) is 24.2 Å². The van der Waals surface area contributed by atoms with Gasteiger partial charge in [0.15, 0.2) is 5.60 Å². The summed E-state index contributed by atoms with van der Waals surface area (Å²) in [5.41, 5.74) is -0.575. The number of carbonyl (C=O) groups is 2. The SMILES string of the molecule is COC(=O)C(C)(C)Oc1cccc(C=O)c1. The van der Waals surface area contributed by atoms with Crippen LogP contribution in [0.2, 0.25) is 0 Å². The van der Waals surface area contributed by atoms with Gasteiger partial charge in [0.25, 0.3) is 0 Å². The van der Waals surface area contributed by atoms with Gasteiger partial charge in [-0.2, -0.15) is 0 Å². The van der Waals surface area contributed by atoms with Gasteiger partial charge in [-0.25, -0.2) is 4.79 Å². The summed E-state index contributed by atoms with van der Waals surface area (Å²) in [5.74, 6) is -0.0102. The summed E-state index contributed by atoms with van der Waals surface area (Å²) < 4.78 is 10.1. The van der Waals surface area contributed by atoms with Crippen LogP contribution in [0, 0.1) is 0 Å². The summed E-state index contributed by atoms with van der Waals surface area (Å²) in [6.07, 6.45) is 0.720. The molecule has 0 bridgehead atoms. The highest BCUT2D eigenvalue weighted by Gasteiger charge is 2.30. The number of rotatable bonds is 4. The van der Waals surface area contributed by atoms with Gasteiger partial charge in [0, 0.05) is 5.56 Å². The molecule has 0 saturated carbocycles. The number of aldehydes is 1. The molecule has 0 aromatic heterocycles. The minimum atomic E-state index is -1.07. The highest BCUT2D eigenvalue weighted by molar-refractivity contribution is 5.79. The molecule has 0 aliphatic rings. The third-order valence-corrected chi connectivity index (χ3v) is 2.04. The maximum Gasteiger partial charge on any atom is 0.349 e. The molecule has 0 radical (unpaired) electrons. The Morgan fingerprint density at radius 3 is 2.62 bits per heavy atom. The topological polar surface area (TPSA) is 52.6 Å². The van der Waals surface area contributed by atoms with Crippen molar-refractivity contribution in [3.63, 3.8) is 0 Å². The second-order valence-electron chi connectivity index (χ2n) is 3.79. The lowest BCUT2D eigenvalue weighted by molar-refractivity contribution is -0.156. The van der Waals surface area contributed by atoms with Gasteiger partial charge >= 0.3 is 5.97 Å². The average Bonchev–Trinajstić information content (AvgIpc) is 2.27. The molecule has 0 aliphatic carbocycles. The van der Waals surface area contributed by atoms with E-state index in [2.05, 4.69) is 4.74 Å². The molecule has 0 heterocycles. The van der Waals surface area contributed by atoms with Gasteiger partial charge in [-0.15, -0.1) is 0 Å². The van der Waals surface area contributed by atoms with Crippen molar-refractivity contribution in [3.8, 4) is 5.75 Å². The molecule has 0 aliphatic heterocycles. The van der Waals surface area contributed by atoms with E-state index >= 15 is 0 Å².